The third-order valence-corrected chi connectivity index (χ3v) is 4.21. The Kier molecular flexibility index (Phi) is 3.98. The van der Waals surface area contributed by atoms with Crippen LogP contribution in [0.15, 0.2) is 30.3 Å². The van der Waals surface area contributed by atoms with Gasteiger partial charge in [-0.05, 0) is 55.5 Å². The van der Waals surface area contributed by atoms with Gasteiger partial charge >= 0.3 is 0 Å². The standard InChI is InChI=1S/C17H19ClO/c1-10-6-5-7-14(16(10)18)17(19)15-9-12(3)11(2)8-13(15)4/h5-9,17,19H,1-4H3. The van der Waals surface area contributed by atoms with Crippen LogP contribution in [0, 0.1) is 27.7 Å². The normalized spacial score (nSPS) is 12.5. The van der Waals surface area contributed by atoms with E-state index < -0.39 is 6.10 Å². The minimum absolute atomic E-state index is 0.646. The fourth-order valence-electron chi connectivity index (χ4n) is 2.33. The van der Waals surface area contributed by atoms with Gasteiger partial charge in [0.25, 0.3) is 0 Å². The van der Waals surface area contributed by atoms with Crippen LogP contribution < -0.4 is 0 Å². The van der Waals surface area contributed by atoms with Crippen molar-refractivity contribution in [3.8, 4) is 0 Å². The summed E-state index contributed by atoms with van der Waals surface area (Å²) >= 11 is 6.30. The Morgan fingerprint density at radius 2 is 1.47 bits per heavy atom. The molecule has 0 spiro atoms. The van der Waals surface area contributed by atoms with Gasteiger partial charge in [-0.15, -0.1) is 0 Å². The molecule has 0 amide bonds. The lowest BCUT2D eigenvalue weighted by Crippen LogP contribution is -2.04. The Morgan fingerprint density at radius 3 is 2.16 bits per heavy atom. The third-order valence-electron chi connectivity index (χ3n) is 3.69. The molecule has 1 N–H and O–H groups in total. The van der Waals surface area contributed by atoms with Crippen molar-refractivity contribution >= 4 is 11.6 Å². The van der Waals surface area contributed by atoms with E-state index in [2.05, 4.69) is 19.9 Å². The summed E-state index contributed by atoms with van der Waals surface area (Å²) in [4.78, 5) is 0. The van der Waals surface area contributed by atoms with E-state index in [0.717, 1.165) is 22.3 Å². The molecule has 2 rings (SSSR count). The highest BCUT2D eigenvalue weighted by atomic mass is 35.5. The molecule has 0 saturated heterocycles. The van der Waals surface area contributed by atoms with Gasteiger partial charge in [-0.2, -0.15) is 0 Å². The zero-order valence-corrected chi connectivity index (χ0v) is 12.5. The van der Waals surface area contributed by atoms with Crippen LogP contribution in [0.3, 0.4) is 0 Å². The summed E-state index contributed by atoms with van der Waals surface area (Å²) in [7, 11) is 0. The molecule has 0 radical (unpaired) electrons. The predicted molar refractivity (Wildman–Crippen MR) is 80.9 cm³/mol. The smallest absolute Gasteiger partial charge is 0.106 e. The quantitative estimate of drug-likeness (QED) is 0.845. The zero-order chi connectivity index (χ0) is 14.2. The highest BCUT2D eigenvalue weighted by Crippen LogP contribution is 2.32. The van der Waals surface area contributed by atoms with Crippen molar-refractivity contribution in [1.29, 1.82) is 0 Å². The fraction of sp³-hybridized carbons (Fsp3) is 0.294. The summed E-state index contributed by atoms with van der Waals surface area (Å²) in [5.41, 5.74) is 6.20. The second kappa shape index (κ2) is 5.36. The average Bonchev–Trinajstić information content (AvgIpc) is 2.36. The van der Waals surface area contributed by atoms with Gasteiger partial charge in [0, 0.05) is 10.6 Å². The largest absolute Gasteiger partial charge is 0.384 e. The summed E-state index contributed by atoms with van der Waals surface area (Å²) in [5.74, 6) is 0. The van der Waals surface area contributed by atoms with Crippen LogP contribution in [0.2, 0.25) is 5.02 Å². The first-order valence-corrected chi connectivity index (χ1v) is 6.80. The topological polar surface area (TPSA) is 20.2 Å². The molecule has 1 atom stereocenters. The molecule has 0 heterocycles. The van der Waals surface area contributed by atoms with E-state index in [1.807, 2.05) is 38.1 Å². The lowest BCUT2D eigenvalue weighted by atomic mass is 9.93. The highest BCUT2D eigenvalue weighted by Gasteiger charge is 2.17. The molecular weight excluding hydrogens is 256 g/mol. The molecule has 0 bridgehead atoms. The second-order valence-electron chi connectivity index (χ2n) is 5.17. The van der Waals surface area contributed by atoms with E-state index in [1.54, 1.807) is 0 Å². The van der Waals surface area contributed by atoms with E-state index >= 15 is 0 Å². The molecule has 2 aromatic rings. The fourth-order valence-corrected chi connectivity index (χ4v) is 2.56. The van der Waals surface area contributed by atoms with Gasteiger partial charge in [-0.3, -0.25) is 0 Å². The lowest BCUT2D eigenvalue weighted by molar-refractivity contribution is 0.219. The molecule has 0 aliphatic rings. The molecule has 0 aliphatic heterocycles. The molecule has 0 fully saturated rings. The van der Waals surface area contributed by atoms with Crippen molar-refractivity contribution in [2.24, 2.45) is 0 Å². The Bertz CT molecular complexity index is 617. The van der Waals surface area contributed by atoms with Crippen LogP contribution >= 0.6 is 11.6 Å². The van der Waals surface area contributed by atoms with Gasteiger partial charge in [-0.25, -0.2) is 0 Å². The van der Waals surface area contributed by atoms with E-state index in [1.165, 1.54) is 11.1 Å². The number of halogens is 1. The molecule has 0 aliphatic carbocycles. The van der Waals surface area contributed by atoms with Crippen molar-refractivity contribution in [3.63, 3.8) is 0 Å². The van der Waals surface area contributed by atoms with E-state index in [0.29, 0.717) is 5.02 Å². The van der Waals surface area contributed by atoms with E-state index in [4.69, 9.17) is 11.6 Å². The Labute approximate surface area is 119 Å². The minimum Gasteiger partial charge on any atom is -0.384 e. The van der Waals surface area contributed by atoms with Gasteiger partial charge in [-0.1, -0.05) is 41.9 Å². The van der Waals surface area contributed by atoms with Gasteiger partial charge in [0.2, 0.25) is 0 Å². The molecular formula is C17H19ClO. The number of aryl methyl sites for hydroxylation is 4. The summed E-state index contributed by atoms with van der Waals surface area (Å²) in [6.07, 6.45) is -0.674. The maximum Gasteiger partial charge on any atom is 0.106 e. The van der Waals surface area contributed by atoms with Crippen LogP contribution in [-0.2, 0) is 0 Å². The summed E-state index contributed by atoms with van der Waals surface area (Å²) in [6, 6.07) is 9.92. The summed E-state index contributed by atoms with van der Waals surface area (Å²) in [6.45, 7) is 8.11. The van der Waals surface area contributed by atoms with Crippen LogP contribution in [0.5, 0.6) is 0 Å². The number of aliphatic hydroxyl groups excluding tert-OH is 1. The molecule has 1 unspecified atom stereocenters. The van der Waals surface area contributed by atoms with Crippen molar-refractivity contribution in [2.45, 2.75) is 33.8 Å². The van der Waals surface area contributed by atoms with Crippen molar-refractivity contribution in [3.05, 3.63) is 68.7 Å². The van der Waals surface area contributed by atoms with Gasteiger partial charge < -0.3 is 5.11 Å². The number of hydrogen-bond acceptors (Lipinski definition) is 1. The molecule has 0 aromatic heterocycles. The lowest BCUT2D eigenvalue weighted by Gasteiger charge is -2.18. The van der Waals surface area contributed by atoms with Gasteiger partial charge in [0.15, 0.2) is 0 Å². The first kappa shape index (κ1) is 14.1. The van der Waals surface area contributed by atoms with Crippen LogP contribution in [0.25, 0.3) is 0 Å². The predicted octanol–water partition coefficient (Wildman–Crippen LogP) is 4.66. The average molecular weight is 275 g/mol. The van der Waals surface area contributed by atoms with Crippen LogP contribution in [-0.4, -0.2) is 5.11 Å². The number of hydrogen-bond donors (Lipinski definition) is 1. The minimum atomic E-state index is -0.674. The molecule has 1 nitrogen and oxygen atoms in total. The van der Waals surface area contributed by atoms with E-state index in [-0.39, 0.29) is 0 Å². The van der Waals surface area contributed by atoms with Crippen LogP contribution in [0.4, 0.5) is 0 Å². The summed E-state index contributed by atoms with van der Waals surface area (Å²) in [5, 5.41) is 11.3. The molecule has 19 heavy (non-hydrogen) atoms. The van der Waals surface area contributed by atoms with E-state index in [9.17, 15) is 5.11 Å². The third kappa shape index (κ3) is 2.68. The molecule has 0 saturated carbocycles. The maximum absolute atomic E-state index is 10.6. The van der Waals surface area contributed by atoms with Crippen molar-refractivity contribution < 1.29 is 5.11 Å². The first-order chi connectivity index (χ1) is 8.91. The van der Waals surface area contributed by atoms with Crippen molar-refractivity contribution in [2.75, 3.05) is 0 Å². The summed E-state index contributed by atoms with van der Waals surface area (Å²) < 4.78 is 0. The first-order valence-electron chi connectivity index (χ1n) is 6.42. The zero-order valence-electron chi connectivity index (χ0n) is 11.8. The molecule has 2 heteroatoms. The SMILES string of the molecule is Cc1cc(C)c(C(O)c2cccc(C)c2Cl)cc1C. The number of benzene rings is 2. The highest BCUT2D eigenvalue weighted by molar-refractivity contribution is 6.32. The monoisotopic (exact) mass is 274 g/mol. The second-order valence-corrected chi connectivity index (χ2v) is 5.55. The van der Waals surface area contributed by atoms with Crippen molar-refractivity contribution in [1.82, 2.24) is 0 Å². The van der Waals surface area contributed by atoms with Gasteiger partial charge in [0.05, 0.1) is 0 Å². The molecule has 2 aromatic carbocycles. The molecule has 100 valence electrons. The maximum atomic E-state index is 10.6. The Balaban J connectivity index is 2.53. The Morgan fingerprint density at radius 1 is 0.842 bits per heavy atom. The Hall–Kier alpha value is -1.31. The number of aliphatic hydroxyl groups is 1. The van der Waals surface area contributed by atoms with Gasteiger partial charge in [0.1, 0.15) is 6.10 Å². The number of rotatable bonds is 2. The van der Waals surface area contributed by atoms with Crippen LogP contribution in [0.1, 0.15) is 39.5 Å².